The minimum absolute atomic E-state index is 0.108. The number of benzene rings is 1. The summed E-state index contributed by atoms with van der Waals surface area (Å²) in [6, 6.07) is 4.42. The Labute approximate surface area is 124 Å². The van der Waals surface area contributed by atoms with Crippen molar-refractivity contribution >= 4 is 11.9 Å². The Hall–Kier alpha value is -2.25. The predicted octanol–water partition coefficient (Wildman–Crippen LogP) is 1.99. The summed E-state index contributed by atoms with van der Waals surface area (Å²) in [5.41, 5.74) is -1.37. The zero-order chi connectivity index (χ0) is 16.5. The van der Waals surface area contributed by atoms with Crippen molar-refractivity contribution in [3.05, 3.63) is 29.3 Å². The molecule has 1 aliphatic carbocycles. The lowest BCUT2D eigenvalue weighted by Crippen LogP contribution is -2.56. The maximum absolute atomic E-state index is 12.5. The summed E-state index contributed by atoms with van der Waals surface area (Å²) in [5, 5.41) is 11.1. The van der Waals surface area contributed by atoms with E-state index in [0.717, 1.165) is 0 Å². The molecular weight excluding hydrogens is 303 g/mol. The van der Waals surface area contributed by atoms with Crippen molar-refractivity contribution < 1.29 is 32.6 Å². The van der Waals surface area contributed by atoms with Crippen LogP contribution in [0.5, 0.6) is 5.75 Å². The molecule has 0 fully saturated rings. The minimum Gasteiger partial charge on any atom is -0.497 e. The molecule has 120 valence electrons. The average molecular weight is 317 g/mol. The number of nitrogens with one attached hydrogen (secondary N) is 1. The van der Waals surface area contributed by atoms with E-state index in [0.29, 0.717) is 24.2 Å². The lowest BCUT2D eigenvalue weighted by atomic mass is 9.76. The van der Waals surface area contributed by atoms with Crippen LogP contribution >= 0.6 is 0 Å². The van der Waals surface area contributed by atoms with Gasteiger partial charge in [-0.3, -0.25) is 4.79 Å². The number of carboxylic acid groups (broad SMARTS) is 1. The van der Waals surface area contributed by atoms with Crippen LogP contribution < -0.4 is 10.1 Å². The Morgan fingerprint density at radius 1 is 1.36 bits per heavy atom. The minimum atomic E-state index is -5.15. The highest BCUT2D eigenvalue weighted by atomic mass is 19.4. The van der Waals surface area contributed by atoms with Crippen molar-refractivity contribution in [1.82, 2.24) is 5.32 Å². The monoisotopic (exact) mass is 317 g/mol. The second-order valence-electron chi connectivity index (χ2n) is 5.04. The molecule has 0 saturated carbocycles. The van der Waals surface area contributed by atoms with Gasteiger partial charge < -0.3 is 15.2 Å². The van der Waals surface area contributed by atoms with E-state index in [9.17, 15) is 27.9 Å². The van der Waals surface area contributed by atoms with Crippen molar-refractivity contribution in [3.63, 3.8) is 0 Å². The highest BCUT2D eigenvalue weighted by molar-refractivity contribution is 5.91. The van der Waals surface area contributed by atoms with Gasteiger partial charge in [0.1, 0.15) is 5.75 Å². The maximum atomic E-state index is 12.5. The molecule has 0 heterocycles. The van der Waals surface area contributed by atoms with Crippen LogP contribution in [0.1, 0.15) is 24.0 Å². The number of aryl methyl sites for hydroxylation is 1. The summed E-state index contributed by atoms with van der Waals surface area (Å²) in [4.78, 5) is 22.9. The van der Waals surface area contributed by atoms with Crippen molar-refractivity contribution in [3.8, 4) is 5.75 Å². The van der Waals surface area contributed by atoms with Gasteiger partial charge in [0, 0.05) is 0 Å². The molecule has 1 aliphatic rings. The molecule has 2 N–H and O–H groups in total. The van der Waals surface area contributed by atoms with E-state index in [1.165, 1.54) is 19.2 Å². The van der Waals surface area contributed by atoms with Crippen LogP contribution in [-0.4, -0.2) is 30.3 Å². The van der Waals surface area contributed by atoms with Crippen molar-refractivity contribution in [2.75, 3.05) is 7.11 Å². The third-order valence-electron chi connectivity index (χ3n) is 3.72. The SMILES string of the molecule is COc1ccc2c(c1)CCCC2(NC(=O)C(F)(F)F)C(=O)O. The molecular formula is C14H14F3NO4. The number of hydrogen-bond acceptors (Lipinski definition) is 3. The molecule has 1 atom stereocenters. The standard InChI is InChI=1S/C14H14F3NO4/c1-22-9-4-5-10-8(7-9)3-2-6-13(10,12(20)21)18-11(19)14(15,16)17/h4-5,7H,2-3,6H2,1H3,(H,18,19)(H,20,21). The van der Waals surface area contributed by atoms with Gasteiger partial charge in [-0.1, -0.05) is 6.07 Å². The zero-order valence-electron chi connectivity index (χ0n) is 11.7. The molecule has 8 heteroatoms. The van der Waals surface area contributed by atoms with Gasteiger partial charge in [0.05, 0.1) is 7.11 Å². The van der Waals surface area contributed by atoms with E-state index in [-0.39, 0.29) is 12.0 Å². The molecule has 1 unspecified atom stereocenters. The molecule has 1 aromatic rings. The van der Waals surface area contributed by atoms with Crippen LogP contribution in [0.4, 0.5) is 13.2 Å². The second kappa shape index (κ2) is 5.51. The number of halogens is 3. The van der Waals surface area contributed by atoms with Gasteiger partial charge in [-0.15, -0.1) is 0 Å². The number of carbonyl (C=O) groups is 2. The molecule has 0 aliphatic heterocycles. The summed E-state index contributed by atoms with van der Waals surface area (Å²) in [7, 11) is 1.43. The second-order valence-corrected chi connectivity index (χ2v) is 5.04. The van der Waals surface area contributed by atoms with Gasteiger partial charge in [0.25, 0.3) is 0 Å². The fourth-order valence-electron chi connectivity index (χ4n) is 2.67. The number of carbonyl (C=O) groups excluding carboxylic acids is 1. The van der Waals surface area contributed by atoms with Crippen LogP contribution in [-0.2, 0) is 21.5 Å². The quantitative estimate of drug-likeness (QED) is 0.894. The van der Waals surface area contributed by atoms with E-state index >= 15 is 0 Å². The fraction of sp³-hybridized carbons (Fsp3) is 0.429. The Morgan fingerprint density at radius 3 is 2.59 bits per heavy atom. The van der Waals surface area contributed by atoms with Crippen molar-refractivity contribution in [2.24, 2.45) is 0 Å². The number of aliphatic carboxylic acids is 1. The van der Waals surface area contributed by atoms with Gasteiger partial charge in [0.2, 0.25) is 0 Å². The topological polar surface area (TPSA) is 75.6 Å². The number of hydrogen-bond donors (Lipinski definition) is 2. The first-order chi connectivity index (χ1) is 10.2. The number of methoxy groups -OCH3 is 1. The van der Waals surface area contributed by atoms with Gasteiger partial charge in [-0.2, -0.15) is 13.2 Å². The summed E-state index contributed by atoms with van der Waals surface area (Å²) < 4.78 is 42.6. The lowest BCUT2D eigenvalue weighted by molar-refractivity contribution is -0.178. The lowest BCUT2D eigenvalue weighted by Gasteiger charge is -2.36. The Kier molecular flexibility index (Phi) is 4.04. The van der Waals surface area contributed by atoms with Crippen LogP contribution in [0, 0.1) is 0 Å². The average Bonchev–Trinajstić information content (AvgIpc) is 2.45. The van der Waals surface area contributed by atoms with E-state index < -0.39 is 23.6 Å². The first kappa shape index (κ1) is 16.1. The number of rotatable bonds is 3. The molecule has 0 saturated heterocycles. The fourth-order valence-corrected chi connectivity index (χ4v) is 2.67. The van der Waals surface area contributed by atoms with Crippen LogP contribution in [0.3, 0.4) is 0 Å². The third kappa shape index (κ3) is 2.72. The third-order valence-corrected chi connectivity index (χ3v) is 3.72. The Bertz CT molecular complexity index is 615. The molecule has 1 amide bonds. The molecule has 2 rings (SSSR count). The summed E-state index contributed by atoms with van der Waals surface area (Å²) >= 11 is 0. The zero-order valence-corrected chi connectivity index (χ0v) is 11.7. The van der Waals surface area contributed by atoms with E-state index in [1.807, 2.05) is 0 Å². The number of ether oxygens (including phenoxy) is 1. The van der Waals surface area contributed by atoms with E-state index in [1.54, 1.807) is 11.4 Å². The van der Waals surface area contributed by atoms with Crippen molar-refractivity contribution in [1.29, 1.82) is 0 Å². The molecule has 0 radical (unpaired) electrons. The maximum Gasteiger partial charge on any atom is 0.471 e. The number of amides is 1. The molecule has 0 aromatic heterocycles. The predicted molar refractivity (Wildman–Crippen MR) is 69.4 cm³/mol. The van der Waals surface area contributed by atoms with Gasteiger partial charge in [-0.25, -0.2) is 4.79 Å². The smallest absolute Gasteiger partial charge is 0.471 e. The number of fused-ring (bicyclic) bond motifs is 1. The highest BCUT2D eigenvalue weighted by Crippen LogP contribution is 2.38. The number of carboxylic acids is 1. The first-order valence-corrected chi connectivity index (χ1v) is 6.51. The van der Waals surface area contributed by atoms with Gasteiger partial charge in [0.15, 0.2) is 5.54 Å². The van der Waals surface area contributed by atoms with Crippen LogP contribution in [0.25, 0.3) is 0 Å². The molecule has 0 spiro atoms. The highest BCUT2D eigenvalue weighted by Gasteiger charge is 2.50. The molecule has 22 heavy (non-hydrogen) atoms. The normalized spacial score (nSPS) is 20.9. The van der Waals surface area contributed by atoms with Gasteiger partial charge in [-0.05, 0) is 42.5 Å². The summed E-state index contributed by atoms with van der Waals surface area (Å²) in [6.07, 6.45) is -4.41. The molecule has 1 aromatic carbocycles. The first-order valence-electron chi connectivity index (χ1n) is 6.51. The Morgan fingerprint density at radius 2 is 2.05 bits per heavy atom. The largest absolute Gasteiger partial charge is 0.497 e. The van der Waals surface area contributed by atoms with Gasteiger partial charge >= 0.3 is 18.1 Å². The summed E-state index contributed by atoms with van der Waals surface area (Å²) in [5.74, 6) is -3.31. The van der Waals surface area contributed by atoms with Crippen molar-refractivity contribution in [2.45, 2.75) is 31.0 Å². The van der Waals surface area contributed by atoms with Crippen LogP contribution in [0.2, 0.25) is 0 Å². The molecule has 0 bridgehead atoms. The van der Waals surface area contributed by atoms with E-state index in [2.05, 4.69) is 0 Å². The number of alkyl halides is 3. The molecule has 5 nitrogen and oxygen atoms in total. The summed E-state index contributed by atoms with van der Waals surface area (Å²) in [6.45, 7) is 0. The Balaban J connectivity index is 2.50. The van der Waals surface area contributed by atoms with E-state index in [4.69, 9.17) is 4.74 Å². The van der Waals surface area contributed by atoms with Crippen LogP contribution in [0.15, 0.2) is 18.2 Å².